The van der Waals surface area contributed by atoms with Crippen LogP contribution in [0.1, 0.15) is 0 Å². The molecule has 4 rings (SSSR count). The fourth-order valence-electron chi connectivity index (χ4n) is 3.04. The maximum Gasteiger partial charge on any atom is 0.133 e. The van der Waals surface area contributed by atoms with Crippen molar-refractivity contribution in [3.8, 4) is 16.9 Å². The second-order valence-corrected chi connectivity index (χ2v) is 5.85. The largest absolute Gasteiger partial charge is 0.507 e. The Balaban J connectivity index is 2.18. The average molecular weight is 323 g/mol. The van der Waals surface area contributed by atoms with Gasteiger partial charge in [-0.2, -0.15) is 0 Å². The first kappa shape index (κ1) is 14.0. The van der Waals surface area contributed by atoms with Gasteiger partial charge in [0, 0.05) is 16.5 Å². The Morgan fingerprint density at radius 2 is 1.52 bits per heavy atom. The molecular weight excluding hydrogens is 311 g/mol. The molecule has 1 nitrogen and oxygen atoms in total. The van der Waals surface area contributed by atoms with Gasteiger partial charge in [0.15, 0.2) is 0 Å². The SMILES string of the molecule is Oc1c(-c2ccccc2F)c(Cl)cc2ccc3ccccc3c12. The predicted molar refractivity (Wildman–Crippen MR) is 93.5 cm³/mol. The van der Waals surface area contributed by atoms with Gasteiger partial charge >= 0.3 is 0 Å². The van der Waals surface area contributed by atoms with Crippen molar-refractivity contribution in [2.75, 3.05) is 0 Å². The maximum absolute atomic E-state index is 14.2. The van der Waals surface area contributed by atoms with Crippen LogP contribution in [0.3, 0.4) is 0 Å². The van der Waals surface area contributed by atoms with Gasteiger partial charge in [0.05, 0.1) is 5.02 Å². The lowest BCUT2D eigenvalue weighted by atomic mass is 9.95. The van der Waals surface area contributed by atoms with Gasteiger partial charge in [0.25, 0.3) is 0 Å². The maximum atomic E-state index is 14.2. The van der Waals surface area contributed by atoms with Gasteiger partial charge in [-0.05, 0) is 28.3 Å². The molecular formula is C20H12ClFO. The van der Waals surface area contributed by atoms with Crippen molar-refractivity contribution in [2.45, 2.75) is 0 Å². The molecule has 0 unspecified atom stereocenters. The van der Waals surface area contributed by atoms with Gasteiger partial charge in [-0.3, -0.25) is 0 Å². The molecule has 0 amide bonds. The van der Waals surface area contributed by atoms with Crippen molar-refractivity contribution in [2.24, 2.45) is 0 Å². The standard InChI is InChI=1S/C20H12ClFO/c21-16-11-13-10-9-12-5-1-2-6-14(12)18(13)20(23)19(16)15-7-3-4-8-17(15)22/h1-11,23H. The highest BCUT2D eigenvalue weighted by molar-refractivity contribution is 6.35. The van der Waals surface area contributed by atoms with Crippen molar-refractivity contribution in [3.05, 3.63) is 77.6 Å². The molecule has 3 heteroatoms. The first-order valence-electron chi connectivity index (χ1n) is 7.24. The van der Waals surface area contributed by atoms with E-state index in [9.17, 15) is 9.50 Å². The van der Waals surface area contributed by atoms with Crippen molar-refractivity contribution in [3.63, 3.8) is 0 Å². The number of benzene rings is 4. The summed E-state index contributed by atoms with van der Waals surface area (Å²) < 4.78 is 14.2. The first-order chi connectivity index (χ1) is 11.2. The lowest BCUT2D eigenvalue weighted by Gasteiger charge is -2.13. The van der Waals surface area contributed by atoms with E-state index >= 15 is 0 Å². The minimum Gasteiger partial charge on any atom is -0.507 e. The molecule has 23 heavy (non-hydrogen) atoms. The van der Waals surface area contributed by atoms with E-state index in [2.05, 4.69) is 0 Å². The Labute approximate surface area is 137 Å². The highest BCUT2D eigenvalue weighted by Gasteiger charge is 2.17. The zero-order valence-corrected chi connectivity index (χ0v) is 12.8. The van der Waals surface area contributed by atoms with E-state index in [1.165, 1.54) is 6.07 Å². The third-order valence-corrected chi connectivity index (χ3v) is 4.40. The Bertz CT molecular complexity index is 1060. The van der Waals surface area contributed by atoms with E-state index in [-0.39, 0.29) is 5.75 Å². The third kappa shape index (κ3) is 2.14. The Kier molecular flexibility index (Phi) is 3.21. The van der Waals surface area contributed by atoms with Crippen molar-refractivity contribution in [1.82, 2.24) is 0 Å². The normalized spacial score (nSPS) is 11.2. The van der Waals surface area contributed by atoms with Crippen LogP contribution in [0, 0.1) is 5.82 Å². The molecule has 0 fully saturated rings. The third-order valence-electron chi connectivity index (χ3n) is 4.10. The first-order valence-corrected chi connectivity index (χ1v) is 7.62. The molecule has 112 valence electrons. The topological polar surface area (TPSA) is 20.2 Å². The fourth-order valence-corrected chi connectivity index (χ4v) is 3.35. The monoisotopic (exact) mass is 322 g/mol. The average Bonchev–Trinajstić information content (AvgIpc) is 2.56. The number of halogens is 2. The smallest absolute Gasteiger partial charge is 0.133 e. The minimum absolute atomic E-state index is 0.00870. The van der Waals surface area contributed by atoms with Crippen LogP contribution in [0.5, 0.6) is 5.75 Å². The zero-order chi connectivity index (χ0) is 16.0. The summed E-state index contributed by atoms with van der Waals surface area (Å²) in [6.07, 6.45) is 0. The van der Waals surface area contributed by atoms with Crippen LogP contribution in [0.15, 0.2) is 66.7 Å². The summed E-state index contributed by atoms with van der Waals surface area (Å²) in [6, 6.07) is 19.8. The van der Waals surface area contributed by atoms with E-state index in [1.807, 2.05) is 36.4 Å². The van der Waals surface area contributed by atoms with Gasteiger partial charge < -0.3 is 5.11 Å². The lowest BCUT2D eigenvalue weighted by molar-refractivity contribution is 0.483. The van der Waals surface area contributed by atoms with Crippen molar-refractivity contribution >= 4 is 33.1 Å². The van der Waals surface area contributed by atoms with Crippen molar-refractivity contribution in [1.29, 1.82) is 0 Å². The zero-order valence-electron chi connectivity index (χ0n) is 12.1. The van der Waals surface area contributed by atoms with Crippen molar-refractivity contribution < 1.29 is 9.50 Å². The summed E-state index contributed by atoms with van der Waals surface area (Å²) in [4.78, 5) is 0. The molecule has 0 radical (unpaired) electrons. The summed E-state index contributed by atoms with van der Waals surface area (Å²) >= 11 is 6.34. The molecule has 0 saturated carbocycles. The number of phenols is 1. The summed E-state index contributed by atoms with van der Waals surface area (Å²) in [7, 11) is 0. The number of fused-ring (bicyclic) bond motifs is 3. The molecule has 0 aliphatic rings. The number of aromatic hydroxyl groups is 1. The highest BCUT2D eigenvalue weighted by atomic mass is 35.5. The van der Waals surface area contributed by atoms with Gasteiger partial charge in [0.2, 0.25) is 0 Å². The molecule has 0 spiro atoms. The van der Waals surface area contributed by atoms with Crippen LogP contribution >= 0.6 is 11.6 Å². The van der Waals surface area contributed by atoms with E-state index in [0.717, 1.165) is 16.2 Å². The fraction of sp³-hybridized carbons (Fsp3) is 0. The molecule has 0 aliphatic heterocycles. The van der Waals surface area contributed by atoms with Crippen LogP contribution < -0.4 is 0 Å². The van der Waals surface area contributed by atoms with Crippen LogP contribution in [0.4, 0.5) is 4.39 Å². The summed E-state index contributed by atoms with van der Waals surface area (Å²) in [6.45, 7) is 0. The molecule has 4 aromatic rings. The van der Waals surface area contributed by atoms with Gasteiger partial charge in [-0.15, -0.1) is 0 Å². The molecule has 0 saturated heterocycles. The molecule has 0 aliphatic carbocycles. The van der Waals surface area contributed by atoms with Gasteiger partial charge in [-0.25, -0.2) is 4.39 Å². The highest BCUT2D eigenvalue weighted by Crippen LogP contribution is 2.44. The molecule has 1 N–H and O–H groups in total. The number of phenolic OH excluding ortho intramolecular Hbond substituents is 1. The number of hydrogen-bond donors (Lipinski definition) is 1. The van der Waals surface area contributed by atoms with Crippen LogP contribution in [0.2, 0.25) is 5.02 Å². The lowest BCUT2D eigenvalue weighted by Crippen LogP contribution is -1.88. The van der Waals surface area contributed by atoms with Crippen LogP contribution in [0.25, 0.3) is 32.7 Å². The Morgan fingerprint density at radius 1 is 0.826 bits per heavy atom. The number of hydrogen-bond acceptors (Lipinski definition) is 1. The molecule has 0 heterocycles. The second kappa shape index (κ2) is 5.25. The molecule has 0 atom stereocenters. The Hall–Kier alpha value is -2.58. The Morgan fingerprint density at radius 3 is 2.35 bits per heavy atom. The van der Waals surface area contributed by atoms with E-state index in [4.69, 9.17) is 11.6 Å². The van der Waals surface area contributed by atoms with E-state index in [0.29, 0.717) is 21.5 Å². The predicted octanol–water partition coefficient (Wildman–Crippen LogP) is 6.16. The minimum atomic E-state index is -0.413. The summed E-state index contributed by atoms with van der Waals surface area (Å²) in [5, 5.41) is 14.6. The summed E-state index contributed by atoms with van der Waals surface area (Å²) in [5.41, 5.74) is 0.624. The number of rotatable bonds is 1. The second-order valence-electron chi connectivity index (χ2n) is 5.45. The van der Waals surface area contributed by atoms with Crippen LogP contribution in [-0.2, 0) is 0 Å². The van der Waals surface area contributed by atoms with Gasteiger partial charge in [-0.1, -0.05) is 66.2 Å². The molecule has 0 bridgehead atoms. The van der Waals surface area contributed by atoms with E-state index in [1.54, 1.807) is 24.3 Å². The summed E-state index contributed by atoms with van der Waals surface area (Å²) in [5.74, 6) is -0.404. The molecule has 4 aromatic carbocycles. The van der Waals surface area contributed by atoms with Crippen LogP contribution in [-0.4, -0.2) is 5.11 Å². The van der Waals surface area contributed by atoms with E-state index < -0.39 is 5.82 Å². The molecule has 0 aromatic heterocycles. The quantitative estimate of drug-likeness (QED) is 0.416. The van der Waals surface area contributed by atoms with Gasteiger partial charge in [0.1, 0.15) is 11.6 Å².